The van der Waals surface area contributed by atoms with Gasteiger partial charge < -0.3 is 15.2 Å². The minimum absolute atomic E-state index is 0.532. The van der Waals surface area contributed by atoms with Gasteiger partial charge in [0.1, 0.15) is 5.82 Å². The lowest BCUT2D eigenvalue weighted by Gasteiger charge is -2.11. The SMILES string of the molecule is Cc1cc(NCCCN(C)C)nc(Nc2nc3ccccc3[nH]2)n1. The van der Waals surface area contributed by atoms with Crippen LogP contribution in [0.2, 0.25) is 0 Å². The van der Waals surface area contributed by atoms with E-state index in [-0.39, 0.29) is 0 Å². The quantitative estimate of drug-likeness (QED) is 0.580. The zero-order chi connectivity index (χ0) is 16.9. The van der Waals surface area contributed by atoms with E-state index >= 15 is 0 Å². The lowest BCUT2D eigenvalue weighted by Crippen LogP contribution is -2.17. The monoisotopic (exact) mass is 325 g/mol. The number of fused-ring (bicyclic) bond motifs is 1. The van der Waals surface area contributed by atoms with Crippen molar-refractivity contribution in [2.45, 2.75) is 13.3 Å². The molecule has 0 bridgehead atoms. The Morgan fingerprint density at radius 2 is 1.96 bits per heavy atom. The number of para-hydroxylation sites is 2. The maximum absolute atomic E-state index is 4.51. The third-order valence-corrected chi connectivity index (χ3v) is 3.56. The predicted octanol–water partition coefficient (Wildman–Crippen LogP) is 2.77. The third-order valence-electron chi connectivity index (χ3n) is 3.56. The number of aromatic amines is 1. The van der Waals surface area contributed by atoms with Crippen LogP contribution in [0.25, 0.3) is 11.0 Å². The number of anilines is 3. The van der Waals surface area contributed by atoms with Gasteiger partial charge in [0.15, 0.2) is 0 Å². The molecule has 7 nitrogen and oxygen atoms in total. The van der Waals surface area contributed by atoms with Gasteiger partial charge in [0.2, 0.25) is 11.9 Å². The van der Waals surface area contributed by atoms with Crippen LogP contribution >= 0.6 is 0 Å². The van der Waals surface area contributed by atoms with E-state index in [1.54, 1.807) is 0 Å². The van der Waals surface area contributed by atoms with Gasteiger partial charge in [0.05, 0.1) is 11.0 Å². The maximum atomic E-state index is 4.51. The Hall–Kier alpha value is -2.67. The highest BCUT2D eigenvalue weighted by atomic mass is 15.2. The molecule has 3 N–H and O–H groups in total. The van der Waals surface area contributed by atoms with Crippen molar-refractivity contribution in [3.63, 3.8) is 0 Å². The molecule has 2 heterocycles. The van der Waals surface area contributed by atoms with Crippen LogP contribution in [0, 0.1) is 6.92 Å². The average molecular weight is 325 g/mol. The Morgan fingerprint density at radius 3 is 2.75 bits per heavy atom. The van der Waals surface area contributed by atoms with Crippen LogP contribution in [0.5, 0.6) is 0 Å². The smallest absolute Gasteiger partial charge is 0.231 e. The van der Waals surface area contributed by atoms with Crippen molar-refractivity contribution in [3.05, 3.63) is 36.0 Å². The summed E-state index contributed by atoms with van der Waals surface area (Å²) in [6, 6.07) is 9.84. The number of nitrogens with zero attached hydrogens (tertiary/aromatic N) is 4. The molecule has 0 atom stereocenters. The van der Waals surface area contributed by atoms with Crippen LogP contribution in [0.4, 0.5) is 17.7 Å². The summed E-state index contributed by atoms with van der Waals surface area (Å²) in [7, 11) is 4.15. The van der Waals surface area contributed by atoms with Gasteiger partial charge in [-0.1, -0.05) is 12.1 Å². The van der Waals surface area contributed by atoms with Crippen LogP contribution in [-0.2, 0) is 0 Å². The number of benzene rings is 1. The molecule has 2 aromatic heterocycles. The molecule has 24 heavy (non-hydrogen) atoms. The Balaban J connectivity index is 1.68. The first-order valence-electron chi connectivity index (χ1n) is 8.06. The number of aryl methyl sites for hydroxylation is 1. The molecule has 0 amide bonds. The molecule has 126 valence electrons. The van der Waals surface area contributed by atoms with Crippen molar-refractivity contribution < 1.29 is 0 Å². The van der Waals surface area contributed by atoms with Gasteiger partial charge in [-0.25, -0.2) is 9.97 Å². The zero-order valence-corrected chi connectivity index (χ0v) is 14.3. The van der Waals surface area contributed by atoms with Crippen LogP contribution < -0.4 is 10.6 Å². The van der Waals surface area contributed by atoms with Crippen LogP contribution in [0.3, 0.4) is 0 Å². The summed E-state index contributed by atoms with van der Waals surface area (Å²) >= 11 is 0. The zero-order valence-electron chi connectivity index (χ0n) is 14.3. The van der Waals surface area contributed by atoms with E-state index in [0.29, 0.717) is 11.9 Å². The summed E-state index contributed by atoms with van der Waals surface area (Å²) in [6.07, 6.45) is 1.06. The Labute approximate surface area is 141 Å². The van der Waals surface area contributed by atoms with Gasteiger partial charge >= 0.3 is 0 Å². The van der Waals surface area contributed by atoms with Crippen molar-refractivity contribution in [2.75, 3.05) is 37.8 Å². The van der Waals surface area contributed by atoms with E-state index in [9.17, 15) is 0 Å². The Bertz CT molecular complexity index is 777. The number of imidazole rings is 1. The largest absolute Gasteiger partial charge is 0.370 e. The van der Waals surface area contributed by atoms with E-state index in [1.165, 1.54) is 0 Å². The minimum atomic E-state index is 0.532. The molecular formula is C17H23N7. The second-order valence-electron chi connectivity index (χ2n) is 6.03. The molecule has 0 aliphatic heterocycles. The molecule has 7 heteroatoms. The summed E-state index contributed by atoms with van der Waals surface area (Å²) in [5.74, 6) is 1.99. The van der Waals surface area contributed by atoms with E-state index in [1.807, 2.05) is 37.3 Å². The van der Waals surface area contributed by atoms with Crippen LogP contribution in [0.15, 0.2) is 30.3 Å². The predicted molar refractivity (Wildman–Crippen MR) is 97.8 cm³/mol. The summed E-state index contributed by atoms with van der Waals surface area (Å²) in [5, 5.41) is 6.49. The Morgan fingerprint density at radius 1 is 1.12 bits per heavy atom. The molecule has 3 aromatic rings. The Kier molecular flexibility index (Phi) is 4.90. The van der Waals surface area contributed by atoms with E-state index in [4.69, 9.17) is 0 Å². The van der Waals surface area contributed by atoms with Gasteiger partial charge in [-0.15, -0.1) is 0 Å². The molecule has 0 aliphatic rings. The molecular weight excluding hydrogens is 302 g/mol. The first-order valence-corrected chi connectivity index (χ1v) is 8.06. The number of H-pyrrole nitrogens is 1. The molecule has 0 radical (unpaired) electrons. The summed E-state index contributed by atoms with van der Waals surface area (Å²) in [5.41, 5.74) is 2.79. The minimum Gasteiger partial charge on any atom is -0.370 e. The molecule has 0 saturated heterocycles. The summed E-state index contributed by atoms with van der Waals surface area (Å²) in [4.78, 5) is 18.8. The highest BCUT2D eigenvalue weighted by Crippen LogP contribution is 2.17. The van der Waals surface area contributed by atoms with E-state index in [0.717, 1.165) is 42.1 Å². The maximum Gasteiger partial charge on any atom is 0.231 e. The van der Waals surface area contributed by atoms with Crippen molar-refractivity contribution in [1.82, 2.24) is 24.8 Å². The number of hydrogen-bond acceptors (Lipinski definition) is 6. The van der Waals surface area contributed by atoms with Gasteiger partial charge in [-0.05, 0) is 46.1 Å². The highest BCUT2D eigenvalue weighted by molar-refractivity contribution is 5.77. The standard InChI is InChI=1S/C17H23N7/c1-12-11-15(18-9-6-10-24(2)3)22-16(19-12)23-17-20-13-7-4-5-8-14(13)21-17/h4-5,7-8,11H,6,9-10H2,1-3H3,(H3,18,19,20,21,22,23). The highest BCUT2D eigenvalue weighted by Gasteiger charge is 2.06. The molecule has 0 saturated carbocycles. The first-order chi connectivity index (χ1) is 11.6. The van der Waals surface area contributed by atoms with Crippen LogP contribution in [0.1, 0.15) is 12.1 Å². The third kappa shape index (κ3) is 4.20. The molecule has 0 spiro atoms. The number of nitrogens with one attached hydrogen (secondary N) is 3. The van der Waals surface area contributed by atoms with E-state index in [2.05, 4.69) is 49.6 Å². The fourth-order valence-electron chi connectivity index (χ4n) is 2.44. The van der Waals surface area contributed by atoms with Gasteiger partial charge in [-0.2, -0.15) is 4.98 Å². The average Bonchev–Trinajstić information content (AvgIpc) is 2.93. The fraction of sp³-hybridized carbons (Fsp3) is 0.353. The molecule has 0 fully saturated rings. The van der Waals surface area contributed by atoms with E-state index < -0.39 is 0 Å². The van der Waals surface area contributed by atoms with Crippen molar-refractivity contribution in [2.24, 2.45) is 0 Å². The second-order valence-corrected chi connectivity index (χ2v) is 6.03. The fourth-order valence-corrected chi connectivity index (χ4v) is 2.44. The normalized spacial score (nSPS) is 11.2. The van der Waals surface area contributed by atoms with Gasteiger partial charge in [-0.3, -0.25) is 5.32 Å². The number of aromatic nitrogens is 4. The van der Waals surface area contributed by atoms with Gasteiger partial charge in [0.25, 0.3) is 0 Å². The van der Waals surface area contributed by atoms with Crippen molar-refractivity contribution in [3.8, 4) is 0 Å². The summed E-state index contributed by atoms with van der Waals surface area (Å²) in [6.45, 7) is 3.87. The second kappa shape index (κ2) is 7.27. The van der Waals surface area contributed by atoms with Crippen LogP contribution in [-0.4, -0.2) is 52.0 Å². The van der Waals surface area contributed by atoms with Crippen molar-refractivity contribution >= 4 is 28.7 Å². The lowest BCUT2D eigenvalue weighted by atomic mass is 10.3. The first kappa shape index (κ1) is 16.2. The molecule has 1 aromatic carbocycles. The molecule has 3 rings (SSSR count). The van der Waals surface area contributed by atoms with Crippen molar-refractivity contribution in [1.29, 1.82) is 0 Å². The topological polar surface area (TPSA) is 81.8 Å². The number of rotatable bonds is 7. The molecule has 0 aliphatic carbocycles. The van der Waals surface area contributed by atoms with Gasteiger partial charge in [0, 0.05) is 18.3 Å². The molecule has 0 unspecified atom stereocenters. The lowest BCUT2D eigenvalue weighted by molar-refractivity contribution is 0.405. The summed E-state index contributed by atoms with van der Waals surface area (Å²) < 4.78 is 0. The number of hydrogen-bond donors (Lipinski definition) is 3.